The van der Waals surface area contributed by atoms with Gasteiger partial charge in [0.1, 0.15) is 0 Å². The van der Waals surface area contributed by atoms with Crippen LogP contribution in [0.1, 0.15) is 0 Å². The SMILES string of the molecule is N#CCN1CCN(c2ccc([N+](=O)[O-])cc2I)CC1. The molecule has 0 N–H and O–H groups in total. The molecule has 1 aromatic carbocycles. The minimum absolute atomic E-state index is 0.122. The Kier molecular flexibility index (Phi) is 4.55. The molecule has 1 saturated heterocycles. The molecular weight excluding hydrogens is 359 g/mol. The summed E-state index contributed by atoms with van der Waals surface area (Å²) in [5.41, 5.74) is 1.15. The molecule has 0 unspecified atom stereocenters. The lowest BCUT2D eigenvalue weighted by Gasteiger charge is -2.35. The average Bonchev–Trinajstić information content (AvgIpc) is 2.40. The second-order valence-electron chi connectivity index (χ2n) is 4.31. The molecule has 0 spiro atoms. The molecule has 1 aliphatic heterocycles. The first-order valence-corrected chi connectivity index (χ1v) is 6.98. The fraction of sp³-hybridized carbons (Fsp3) is 0.417. The number of hydrogen-bond donors (Lipinski definition) is 0. The summed E-state index contributed by atoms with van der Waals surface area (Å²) >= 11 is 2.13. The minimum Gasteiger partial charge on any atom is -0.368 e. The zero-order valence-electron chi connectivity index (χ0n) is 10.3. The van der Waals surface area contributed by atoms with Crippen LogP contribution in [0.4, 0.5) is 11.4 Å². The highest BCUT2D eigenvalue weighted by Gasteiger charge is 2.19. The van der Waals surface area contributed by atoms with Gasteiger partial charge in [0, 0.05) is 41.9 Å². The number of non-ortho nitro benzene ring substituents is 1. The lowest BCUT2D eigenvalue weighted by molar-refractivity contribution is -0.384. The topological polar surface area (TPSA) is 73.4 Å². The summed E-state index contributed by atoms with van der Waals surface area (Å²) in [6.45, 7) is 3.84. The molecule has 2 rings (SSSR count). The van der Waals surface area contributed by atoms with Gasteiger partial charge in [-0.25, -0.2) is 0 Å². The number of anilines is 1. The maximum Gasteiger partial charge on any atom is 0.270 e. The molecule has 0 amide bonds. The van der Waals surface area contributed by atoms with Crippen LogP contribution in [-0.4, -0.2) is 42.5 Å². The third-order valence-corrected chi connectivity index (χ3v) is 4.01. The van der Waals surface area contributed by atoms with Gasteiger partial charge in [0.25, 0.3) is 5.69 Å². The lowest BCUT2D eigenvalue weighted by atomic mass is 10.2. The van der Waals surface area contributed by atoms with Crippen LogP contribution in [0.15, 0.2) is 18.2 Å². The largest absolute Gasteiger partial charge is 0.368 e. The van der Waals surface area contributed by atoms with Crippen molar-refractivity contribution < 1.29 is 4.92 Å². The first-order valence-electron chi connectivity index (χ1n) is 5.90. The molecule has 7 heteroatoms. The van der Waals surface area contributed by atoms with E-state index in [2.05, 4.69) is 38.5 Å². The minimum atomic E-state index is -0.378. The van der Waals surface area contributed by atoms with Crippen LogP contribution in [0.3, 0.4) is 0 Å². The van der Waals surface area contributed by atoms with E-state index in [1.807, 2.05) is 0 Å². The summed E-state index contributed by atoms with van der Waals surface area (Å²) in [6, 6.07) is 7.10. The Hall–Kier alpha value is -1.40. The van der Waals surface area contributed by atoms with Crippen LogP contribution in [0.2, 0.25) is 0 Å². The smallest absolute Gasteiger partial charge is 0.270 e. The number of benzene rings is 1. The van der Waals surface area contributed by atoms with Crippen LogP contribution in [0, 0.1) is 25.0 Å². The normalized spacial score (nSPS) is 16.1. The molecule has 0 aromatic heterocycles. The summed E-state index contributed by atoms with van der Waals surface area (Å²) in [6.07, 6.45) is 0. The van der Waals surface area contributed by atoms with E-state index in [0.29, 0.717) is 6.54 Å². The third-order valence-electron chi connectivity index (χ3n) is 3.15. The van der Waals surface area contributed by atoms with Gasteiger partial charge in [-0.1, -0.05) is 0 Å². The van der Waals surface area contributed by atoms with E-state index in [-0.39, 0.29) is 10.6 Å². The van der Waals surface area contributed by atoms with Crippen molar-refractivity contribution in [3.63, 3.8) is 0 Å². The van der Waals surface area contributed by atoms with Crippen molar-refractivity contribution in [2.45, 2.75) is 0 Å². The monoisotopic (exact) mass is 372 g/mol. The highest BCUT2D eigenvalue weighted by Crippen LogP contribution is 2.27. The zero-order chi connectivity index (χ0) is 13.8. The van der Waals surface area contributed by atoms with Gasteiger partial charge in [-0.15, -0.1) is 0 Å². The van der Waals surface area contributed by atoms with E-state index < -0.39 is 0 Å². The van der Waals surface area contributed by atoms with Gasteiger partial charge in [0.15, 0.2) is 0 Å². The molecule has 1 aromatic rings. The van der Waals surface area contributed by atoms with Crippen LogP contribution in [0.5, 0.6) is 0 Å². The lowest BCUT2D eigenvalue weighted by Crippen LogP contribution is -2.46. The van der Waals surface area contributed by atoms with Gasteiger partial charge in [0.05, 0.1) is 23.2 Å². The molecule has 6 nitrogen and oxygen atoms in total. The maximum absolute atomic E-state index is 10.7. The van der Waals surface area contributed by atoms with E-state index in [4.69, 9.17) is 5.26 Å². The van der Waals surface area contributed by atoms with Crippen molar-refractivity contribution in [3.05, 3.63) is 31.9 Å². The summed E-state index contributed by atoms with van der Waals surface area (Å²) < 4.78 is 0.889. The number of hydrogen-bond acceptors (Lipinski definition) is 5. The second kappa shape index (κ2) is 6.16. The van der Waals surface area contributed by atoms with E-state index in [9.17, 15) is 10.1 Å². The number of halogens is 1. The van der Waals surface area contributed by atoms with Crippen LogP contribution >= 0.6 is 22.6 Å². The van der Waals surface area contributed by atoms with Gasteiger partial charge < -0.3 is 4.90 Å². The first-order chi connectivity index (χ1) is 9.11. The van der Waals surface area contributed by atoms with Crippen LogP contribution < -0.4 is 4.90 Å². The van der Waals surface area contributed by atoms with Gasteiger partial charge in [-0.3, -0.25) is 15.0 Å². The number of nitrogens with zero attached hydrogens (tertiary/aromatic N) is 4. The van der Waals surface area contributed by atoms with Gasteiger partial charge in [-0.2, -0.15) is 5.26 Å². The van der Waals surface area contributed by atoms with Gasteiger partial charge in [-0.05, 0) is 28.7 Å². The van der Waals surface area contributed by atoms with Crippen molar-refractivity contribution >= 4 is 34.0 Å². The number of piperazine rings is 1. The predicted octanol–water partition coefficient (Wildman–Crippen LogP) is 1.84. The Labute approximate surface area is 124 Å². The molecule has 100 valence electrons. The molecule has 0 saturated carbocycles. The van der Waals surface area contributed by atoms with Gasteiger partial charge >= 0.3 is 0 Å². The molecule has 0 bridgehead atoms. The molecule has 1 fully saturated rings. The first kappa shape index (κ1) is 14.0. The summed E-state index contributed by atoms with van der Waals surface area (Å²) in [5.74, 6) is 0. The number of nitriles is 1. The highest BCUT2D eigenvalue weighted by atomic mass is 127. The number of nitro benzene ring substituents is 1. The zero-order valence-corrected chi connectivity index (χ0v) is 12.4. The van der Waals surface area contributed by atoms with E-state index in [1.165, 1.54) is 0 Å². The fourth-order valence-corrected chi connectivity index (χ4v) is 2.95. The average molecular weight is 372 g/mol. The summed E-state index contributed by atoms with van der Waals surface area (Å²) in [4.78, 5) is 14.6. The fourth-order valence-electron chi connectivity index (χ4n) is 2.11. The number of rotatable bonds is 3. The molecular formula is C12H13IN4O2. The standard InChI is InChI=1S/C12H13IN4O2/c13-11-9-10(17(18)19)1-2-12(11)16-7-5-15(4-3-14)6-8-16/h1-2,9H,4-8H2. The van der Waals surface area contributed by atoms with Crippen molar-refractivity contribution in [1.82, 2.24) is 4.90 Å². The van der Waals surface area contributed by atoms with Crippen LogP contribution in [0.25, 0.3) is 0 Å². The summed E-state index contributed by atoms with van der Waals surface area (Å²) in [5, 5.41) is 19.4. The Morgan fingerprint density at radius 2 is 2.05 bits per heavy atom. The highest BCUT2D eigenvalue weighted by molar-refractivity contribution is 14.1. The quantitative estimate of drug-likeness (QED) is 0.351. The Balaban J connectivity index is 2.08. The van der Waals surface area contributed by atoms with E-state index >= 15 is 0 Å². The number of nitro groups is 1. The maximum atomic E-state index is 10.7. The molecule has 1 heterocycles. The van der Waals surface area contributed by atoms with E-state index in [0.717, 1.165) is 35.4 Å². The molecule has 1 aliphatic rings. The van der Waals surface area contributed by atoms with Crippen molar-refractivity contribution in [1.29, 1.82) is 5.26 Å². The molecule has 0 aliphatic carbocycles. The summed E-state index contributed by atoms with van der Waals surface area (Å²) in [7, 11) is 0. The Morgan fingerprint density at radius 3 is 2.58 bits per heavy atom. The van der Waals surface area contributed by atoms with Crippen molar-refractivity contribution in [3.8, 4) is 6.07 Å². The second-order valence-corrected chi connectivity index (χ2v) is 5.48. The molecule has 0 atom stereocenters. The van der Waals surface area contributed by atoms with Crippen molar-refractivity contribution in [2.24, 2.45) is 0 Å². The van der Waals surface area contributed by atoms with Gasteiger partial charge in [0.2, 0.25) is 0 Å². The van der Waals surface area contributed by atoms with Crippen LogP contribution in [-0.2, 0) is 0 Å². The Morgan fingerprint density at radius 1 is 1.37 bits per heavy atom. The van der Waals surface area contributed by atoms with Crippen molar-refractivity contribution in [2.75, 3.05) is 37.6 Å². The molecule has 0 radical (unpaired) electrons. The predicted molar refractivity (Wildman–Crippen MR) is 80.1 cm³/mol. The van der Waals surface area contributed by atoms with E-state index in [1.54, 1.807) is 18.2 Å². The molecule has 19 heavy (non-hydrogen) atoms. The Bertz CT molecular complexity index is 521. The third kappa shape index (κ3) is 3.33.